The minimum absolute atomic E-state index is 0.0156. The second-order valence-electron chi connectivity index (χ2n) is 9.56. The number of carbonyl (C=O) groups is 1. The number of amides is 1. The fraction of sp³-hybridized carbons (Fsp3) is 0.481. The highest BCUT2D eigenvalue weighted by molar-refractivity contribution is 5.97. The maximum atomic E-state index is 13.5. The predicted molar refractivity (Wildman–Crippen MR) is 134 cm³/mol. The molecule has 1 aliphatic rings. The molecule has 8 heteroatoms. The van der Waals surface area contributed by atoms with Crippen molar-refractivity contribution in [2.75, 3.05) is 47.4 Å². The standard InChI is InChI=1S/C27H35FN4O3/c1-19-15-32(20(2)18-33)27(34)24-13-22(7-6-12-30(3)4)14-29-26(24)35-25(19)17-31(5)16-21-8-10-23(28)11-9-21/h8-11,13-14,19-20,25,33H,12,15-18H2,1-5H3/t19-,20+,25+/m0/s1. The summed E-state index contributed by atoms with van der Waals surface area (Å²) in [5.41, 5.74) is 1.98. The second kappa shape index (κ2) is 12.1. The molecule has 7 nitrogen and oxygen atoms in total. The van der Waals surface area contributed by atoms with Crippen LogP contribution in [0.4, 0.5) is 4.39 Å². The summed E-state index contributed by atoms with van der Waals surface area (Å²) < 4.78 is 19.6. The normalized spacial score (nSPS) is 18.9. The van der Waals surface area contributed by atoms with Crippen LogP contribution >= 0.6 is 0 Å². The van der Waals surface area contributed by atoms with Gasteiger partial charge in [-0.2, -0.15) is 0 Å². The molecule has 2 aromatic rings. The van der Waals surface area contributed by atoms with E-state index < -0.39 is 0 Å². The number of pyridine rings is 1. The van der Waals surface area contributed by atoms with Gasteiger partial charge in [-0.1, -0.05) is 30.9 Å². The zero-order valence-electron chi connectivity index (χ0n) is 21.2. The van der Waals surface area contributed by atoms with E-state index in [1.807, 2.05) is 39.9 Å². The van der Waals surface area contributed by atoms with E-state index >= 15 is 0 Å². The molecule has 1 N–H and O–H groups in total. The van der Waals surface area contributed by atoms with Gasteiger partial charge in [-0.05, 0) is 51.8 Å². The Hall–Kier alpha value is -2.99. The van der Waals surface area contributed by atoms with Crippen molar-refractivity contribution in [3.63, 3.8) is 0 Å². The van der Waals surface area contributed by atoms with Crippen LogP contribution in [0.25, 0.3) is 0 Å². The smallest absolute Gasteiger partial charge is 0.259 e. The molecule has 3 atom stereocenters. The van der Waals surface area contributed by atoms with Crippen molar-refractivity contribution in [1.82, 2.24) is 19.7 Å². The summed E-state index contributed by atoms with van der Waals surface area (Å²) in [6.45, 7) is 5.96. The lowest BCUT2D eigenvalue weighted by Crippen LogP contribution is -2.49. The molecule has 0 aliphatic carbocycles. The first-order chi connectivity index (χ1) is 16.7. The van der Waals surface area contributed by atoms with Crippen LogP contribution in [0.15, 0.2) is 36.5 Å². The van der Waals surface area contributed by atoms with Gasteiger partial charge in [-0.25, -0.2) is 9.37 Å². The number of carbonyl (C=O) groups excluding carboxylic acids is 1. The summed E-state index contributed by atoms with van der Waals surface area (Å²) in [5.74, 6) is 5.90. The minimum Gasteiger partial charge on any atom is -0.472 e. The first-order valence-electron chi connectivity index (χ1n) is 11.8. The minimum atomic E-state index is -0.350. The molecule has 0 bridgehead atoms. The van der Waals surface area contributed by atoms with Gasteiger partial charge in [-0.15, -0.1) is 0 Å². The molecule has 0 fully saturated rings. The van der Waals surface area contributed by atoms with E-state index in [0.717, 1.165) is 5.56 Å². The lowest BCUT2D eigenvalue weighted by molar-refractivity contribution is 0.0325. The van der Waals surface area contributed by atoms with Crippen LogP contribution in [0.3, 0.4) is 0 Å². The van der Waals surface area contributed by atoms with E-state index in [1.54, 1.807) is 29.3 Å². The van der Waals surface area contributed by atoms with Crippen molar-refractivity contribution in [2.45, 2.75) is 32.5 Å². The van der Waals surface area contributed by atoms with Gasteiger partial charge in [0.05, 0.1) is 19.2 Å². The third-order valence-corrected chi connectivity index (χ3v) is 6.01. The monoisotopic (exact) mass is 482 g/mol. The van der Waals surface area contributed by atoms with E-state index in [1.165, 1.54) is 12.1 Å². The number of hydrogen-bond donors (Lipinski definition) is 1. The summed E-state index contributed by atoms with van der Waals surface area (Å²) in [4.78, 5) is 23.7. The Morgan fingerprint density at radius 3 is 2.66 bits per heavy atom. The lowest BCUT2D eigenvalue weighted by atomic mass is 9.99. The average molecular weight is 483 g/mol. The largest absolute Gasteiger partial charge is 0.472 e. The van der Waals surface area contributed by atoms with Crippen LogP contribution in [0.1, 0.15) is 35.3 Å². The molecule has 3 rings (SSSR count). The topological polar surface area (TPSA) is 69.1 Å². The molecule has 1 aromatic carbocycles. The van der Waals surface area contributed by atoms with Gasteiger partial charge in [0.1, 0.15) is 17.5 Å². The van der Waals surface area contributed by atoms with E-state index in [9.17, 15) is 14.3 Å². The van der Waals surface area contributed by atoms with Gasteiger partial charge < -0.3 is 14.7 Å². The third kappa shape index (κ3) is 7.25. The molecule has 0 spiro atoms. The third-order valence-electron chi connectivity index (χ3n) is 6.01. The van der Waals surface area contributed by atoms with Gasteiger partial charge in [-0.3, -0.25) is 14.6 Å². The molecule has 1 amide bonds. The number of rotatable bonds is 7. The quantitative estimate of drug-likeness (QED) is 0.612. The number of aliphatic hydroxyl groups excluding tert-OH is 1. The molecule has 35 heavy (non-hydrogen) atoms. The van der Waals surface area contributed by atoms with Crippen molar-refractivity contribution < 1.29 is 19.0 Å². The number of likely N-dealkylation sites (N-methyl/N-ethyl adjacent to an activating group) is 1. The Balaban J connectivity index is 1.88. The van der Waals surface area contributed by atoms with Gasteiger partial charge in [0.2, 0.25) is 5.88 Å². The average Bonchev–Trinajstić information content (AvgIpc) is 2.82. The van der Waals surface area contributed by atoms with Crippen molar-refractivity contribution in [1.29, 1.82) is 0 Å². The van der Waals surface area contributed by atoms with Crippen molar-refractivity contribution in [3.8, 4) is 17.7 Å². The number of hydrogen-bond acceptors (Lipinski definition) is 6. The predicted octanol–water partition coefficient (Wildman–Crippen LogP) is 2.49. The molecular formula is C27H35FN4O3. The Morgan fingerprint density at radius 1 is 1.29 bits per heavy atom. The number of fused-ring (bicyclic) bond motifs is 1. The van der Waals surface area contributed by atoms with Crippen LogP contribution in [-0.4, -0.2) is 90.2 Å². The SMILES string of the molecule is C[C@H](CO)N1C[C@H](C)[C@@H](CN(C)Cc2ccc(F)cc2)Oc2ncc(C#CCN(C)C)cc2C1=O. The number of benzene rings is 1. The molecule has 0 unspecified atom stereocenters. The maximum absolute atomic E-state index is 13.5. The van der Waals surface area contributed by atoms with Crippen LogP contribution in [0.2, 0.25) is 0 Å². The van der Waals surface area contributed by atoms with Crippen molar-refractivity contribution in [2.24, 2.45) is 5.92 Å². The highest BCUT2D eigenvalue weighted by Gasteiger charge is 2.34. The lowest BCUT2D eigenvalue weighted by Gasteiger charge is -2.37. The Labute approximate surface area is 207 Å². The van der Waals surface area contributed by atoms with Crippen LogP contribution in [-0.2, 0) is 6.54 Å². The van der Waals surface area contributed by atoms with E-state index in [0.29, 0.717) is 37.3 Å². The number of ether oxygens (including phenoxy) is 1. The molecule has 2 heterocycles. The first-order valence-corrected chi connectivity index (χ1v) is 11.8. The Bertz CT molecular complexity index is 1060. The highest BCUT2D eigenvalue weighted by Crippen LogP contribution is 2.27. The number of halogens is 1. The number of nitrogens with zero attached hydrogens (tertiary/aromatic N) is 4. The Morgan fingerprint density at radius 2 is 2.00 bits per heavy atom. The van der Waals surface area contributed by atoms with E-state index in [2.05, 4.69) is 21.7 Å². The van der Waals surface area contributed by atoms with Crippen LogP contribution in [0, 0.1) is 23.6 Å². The molecule has 0 radical (unpaired) electrons. The van der Waals surface area contributed by atoms with Crippen LogP contribution in [0.5, 0.6) is 5.88 Å². The highest BCUT2D eigenvalue weighted by atomic mass is 19.1. The second-order valence-corrected chi connectivity index (χ2v) is 9.56. The van der Waals surface area contributed by atoms with Crippen LogP contribution < -0.4 is 4.74 Å². The summed E-state index contributed by atoms with van der Waals surface area (Å²) in [6, 6.07) is 7.83. The fourth-order valence-corrected chi connectivity index (χ4v) is 3.96. The maximum Gasteiger partial charge on any atom is 0.259 e. The molecule has 0 saturated carbocycles. The van der Waals surface area contributed by atoms with Gasteiger partial charge >= 0.3 is 0 Å². The van der Waals surface area contributed by atoms with E-state index in [-0.39, 0.29) is 42.3 Å². The summed E-state index contributed by atoms with van der Waals surface area (Å²) in [6.07, 6.45) is 1.37. The molecule has 1 aliphatic heterocycles. The van der Waals surface area contributed by atoms with Gasteiger partial charge in [0, 0.05) is 37.3 Å². The summed E-state index contributed by atoms with van der Waals surface area (Å²) >= 11 is 0. The first kappa shape index (κ1) is 26.6. The fourth-order valence-electron chi connectivity index (χ4n) is 3.96. The zero-order valence-corrected chi connectivity index (χ0v) is 21.2. The Kier molecular flexibility index (Phi) is 9.21. The molecule has 1 aromatic heterocycles. The molecule has 188 valence electrons. The number of aromatic nitrogens is 1. The van der Waals surface area contributed by atoms with Gasteiger partial charge in [0.15, 0.2) is 0 Å². The van der Waals surface area contributed by atoms with E-state index in [4.69, 9.17) is 4.74 Å². The number of aliphatic hydroxyl groups is 1. The molecule has 0 saturated heterocycles. The van der Waals surface area contributed by atoms with Crippen molar-refractivity contribution >= 4 is 5.91 Å². The van der Waals surface area contributed by atoms with Crippen molar-refractivity contribution in [3.05, 3.63) is 59.0 Å². The zero-order chi connectivity index (χ0) is 25.5. The summed E-state index contributed by atoms with van der Waals surface area (Å²) in [5, 5.41) is 9.82. The molecular weight excluding hydrogens is 447 g/mol. The van der Waals surface area contributed by atoms with Gasteiger partial charge in [0.25, 0.3) is 5.91 Å². The summed E-state index contributed by atoms with van der Waals surface area (Å²) in [7, 11) is 5.86.